The Bertz CT molecular complexity index is 382. The summed E-state index contributed by atoms with van der Waals surface area (Å²) in [6.07, 6.45) is 5.31. The smallest absolute Gasteiger partial charge is 0.00684 e. The van der Waals surface area contributed by atoms with Crippen LogP contribution in [0.15, 0.2) is 18.2 Å². The minimum atomic E-state index is 0.675. The van der Waals surface area contributed by atoms with Crippen molar-refractivity contribution < 1.29 is 0 Å². The number of benzene rings is 1. The van der Waals surface area contributed by atoms with Crippen molar-refractivity contribution in [1.29, 1.82) is 0 Å². The lowest BCUT2D eigenvalue weighted by atomic mass is 9.81. The van der Waals surface area contributed by atoms with Gasteiger partial charge in [-0.25, -0.2) is 0 Å². The van der Waals surface area contributed by atoms with Crippen molar-refractivity contribution in [3.63, 3.8) is 0 Å². The van der Waals surface area contributed by atoms with Gasteiger partial charge in [-0.3, -0.25) is 0 Å². The zero-order valence-electron chi connectivity index (χ0n) is 13.0. The van der Waals surface area contributed by atoms with Gasteiger partial charge >= 0.3 is 0 Å². The molecular formula is C18H29N. The number of hydrogen-bond donors (Lipinski definition) is 1. The van der Waals surface area contributed by atoms with Crippen molar-refractivity contribution in [1.82, 2.24) is 5.32 Å². The van der Waals surface area contributed by atoms with E-state index in [1.807, 2.05) is 0 Å². The molecule has 0 radical (unpaired) electrons. The Morgan fingerprint density at radius 1 is 1.05 bits per heavy atom. The van der Waals surface area contributed by atoms with E-state index in [0.717, 1.165) is 18.5 Å². The molecule has 1 heteroatoms. The molecule has 19 heavy (non-hydrogen) atoms. The first-order valence-corrected chi connectivity index (χ1v) is 7.95. The third kappa shape index (κ3) is 4.07. The van der Waals surface area contributed by atoms with Crippen LogP contribution in [-0.2, 0) is 0 Å². The van der Waals surface area contributed by atoms with Crippen molar-refractivity contribution in [2.24, 2.45) is 5.92 Å². The van der Waals surface area contributed by atoms with Crippen LogP contribution < -0.4 is 5.32 Å². The third-order valence-electron chi connectivity index (χ3n) is 4.49. The molecule has 0 heterocycles. The normalized spacial score (nSPS) is 16.9. The molecule has 0 amide bonds. The number of rotatable bonds is 7. The predicted molar refractivity (Wildman–Crippen MR) is 83.8 cm³/mol. The molecule has 1 aliphatic carbocycles. The Morgan fingerprint density at radius 3 is 2.11 bits per heavy atom. The fourth-order valence-corrected chi connectivity index (χ4v) is 3.22. The minimum Gasteiger partial charge on any atom is -0.313 e. The molecule has 1 atom stereocenters. The molecule has 1 nitrogen and oxygen atoms in total. The molecule has 1 aromatic carbocycles. The van der Waals surface area contributed by atoms with Crippen LogP contribution in [0.3, 0.4) is 0 Å². The van der Waals surface area contributed by atoms with Gasteiger partial charge in [-0.05, 0) is 44.1 Å². The molecular weight excluding hydrogens is 230 g/mol. The summed E-state index contributed by atoms with van der Waals surface area (Å²) in [6, 6.07) is 7.87. The monoisotopic (exact) mass is 259 g/mol. The summed E-state index contributed by atoms with van der Waals surface area (Å²) < 4.78 is 0. The Kier molecular flexibility index (Phi) is 5.04. The van der Waals surface area contributed by atoms with Crippen LogP contribution in [0.5, 0.6) is 0 Å². The predicted octanol–water partition coefficient (Wildman–Crippen LogP) is 4.58. The molecule has 1 saturated carbocycles. The maximum Gasteiger partial charge on any atom is 0.00684 e. The first kappa shape index (κ1) is 14.6. The van der Waals surface area contributed by atoms with Crippen LogP contribution in [0.4, 0.5) is 0 Å². The standard InChI is InChI=1S/C18H29N/c1-5-15(6-2)18(12-19-17-7-8-17)16-10-13(3)9-14(4)11-16/h9-11,15,17-19H,5-8,12H2,1-4H3. The molecule has 2 rings (SSSR count). The SMILES string of the molecule is CCC(CC)C(CNC1CC1)c1cc(C)cc(C)c1. The molecule has 106 valence electrons. The van der Waals surface area contributed by atoms with Crippen molar-refractivity contribution >= 4 is 0 Å². The second-order valence-corrected chi connectivity index (χ2v) is 6.29. The van der Waals surface area contributed by atoms with Crippen LogP contribution in [0.2, 0.25) is 0 Å². The topological polar surface area (TPSA) is 12.0 Å². The van der Waals surface area contributed by atoms with Crippen LogP contribution in [0.25, 0.3) is 0 Å². The Labute approximate surface area is 118 Å². The van der Waals surface area contributed by atoms with Crippen LogP contribution in [0, 0.1) is 19.8 Å². The summed E-state index contributed by atoms with van der Waals surface area (Å²) in [5, 5.41) is 3.74. The molecule has 1 N–H and O–H groups in total. The van der Waals surface area contributed by atoms with Crippen molar-refractivity contribution in [3.05, 3.63) is 34.9 Å². The summed E-state index contributed by atoms with van der Waals surface area (Å²) in [5.74, 6) is 1.47. The van der Waals surface area contributed by atoms with Gasteiger partial charge in [0.15, 0.2) is 0 Å². The van der Waals surface area contributed by atoms with Gasteiger partial charge < -0.3 is 5.32 Å². The van der Waals surface area contributed by atoms with Crippen LogP contribution >= 0.6 is 0 Å². The van der Waals surface area contributed by atoms with Gasteiger partial charge in [0.25, 0.3) is 0 Å². The Morgan fingerprint density at radius 2 is 1.63 bits per heavy atom. The summed E-state index contributed by atoms with van der Waals surface area (Å²) >= 11 is 0. The highest BCUT2D eigenvalue weighted by atomic mass is 14.9. The van der Waals surface area contributed by atoms with E-state index in [1.165, 1.54) is 36.8 Å². The quantitative estimate of drug-likeness (QED) is 0.756. The summed E-state index contributed by atoms with van der Waals surface area (Å²) in [5.41, 5.74) is 4.34. The Hall–Kier alpha value is -0.820. The molecule has 0 spiro atoms. The molecule has 1 fully saturated rings. The van der Waals surface area contributed by atoms with E-state index in [4.69, 9.17) is 0 Å². The van der Waals surface area contributed by atoms with Gasteiger partial charge in [0.2, 0.25) is 0 Å². The highest BCUT2D eigenvalue weighted by Gasteiger charge is 2.25. The molecule has 0 aliphatic heterocycles. The molecule has 0 aromatic heterocycles. The second-order valence-electron chi connectivity index (χ2n) is 6.29. The Balaban J connectivity index is 2.17. The van der Waals surface area contributed by atoms with Crippen molar-refractivity contribution in [2.75, 3.05) is 6.54 Å². The average molecular weight is 259 g/mol. The highest BCUT2D eigenvalue weighted by Crippen LogP contribution is 2.31. The van der Waals surface area contributed by atoms with E-state index in [0.29, 0.717) is 5.92 Å². The molecule has 1 aromatic rings. The first-order valence-electron chi connectivity index (χ1n) is 7.95. The summed E-state index contributed by atoms with van der Waals surface area (Å²) in [4.78, 5) is 0. The summed E-state index contributed by atoms with van der Waals surface area (Å²) in [6.45, 7) is 10.3. The lowest BCUT2D eigenvalue weighted by Crippen LogP contribution is -2.28. The summed E-state index contributed by atoms with van der Waals surface area (Å²) in [7, 11) is 0. The fourth-order valence-electron chi connectivity index (χ4n) is 3.22. The van der Waals surface area contributed by atoms with E-state index in [2.05, 4.69) is 51.2 Å². The van der Waals surface area contributed by atoms with Gasteiger partial charge in [-0.15, -0.1) is 0 Å². The zero-order valence-corrected chi connectivity index (χ0v) is 13.0. The highest BCUT2D eigenvalue weighted by molar-refractivity contribution is 5.31. The van der Waals surface area contributed by atoms with E-state index in [-0.39, 0.29) is 0 Å². The number of aryl methyl sites for hydroxylation is 2. The maximum atomic E-state index is 3.74. The minimum absolute atomic E-state index is 0.675. The van der Waals surface area contributed by atoms with Gasteiger partial charge in [-0.1, -0.05) is 56.0 Å². The van der Waals surface area contributed by atoms with Gasteiger partial charge in [0, 0.05) is 12.6 Å². The van der Waals surface area contributed by atoms with Gasteiger partial charge in [-0.2, -0.15) is 0 Å². The van der Waals surface area contributed by atoms with Crippen molar-refractivity contribution in [2.45, 2.75) is 65.3 Å². The van der Waals surface area contributed by atoms with E-state index in [9.17, 15) is 0 Å². The molecule has 1 unspecified atom stereocenters. The molecule has 1 aliphatic rings. The largest absolute Gasteiger partial charge is 0.313 e. The number of nitrogens with one attached hydrogen (secondary N) is 1. The lowest BCUT2D eigenvalue weighted by Gasteiger charge is -2.27. The van der Waals surface area contributed by atoms with Crippen LogP contribution in [0.1, 0.15) is 62.1 Å². The fraction of sp³-hybridized carbons (Fsp3) is 0.667. The second kappa shape index (κ2) is 6.56. The third-order valence-corrected chi connectivity index (χ3v) is 4.49. The average Bonchev–Trinajstić information content (AvgIpc) is 3.17. The lowest BCUT2D eigenvalue weighted by molar-refractivity contribution is 0.378. The van der Waals surface area contributed by atoms with Gasteiger partial charge in [0.05, 0.1) is 0 Å². The number of hydrogen-bond acceptors (Lipinski definition) is 1. The maximum absolute atomic E-state index is 3.74. The first-order chi connectivity index (χ1) is 9.13. The van der Waals surface area contributed by atoms with E-state index < -0.39 is 0 Å². The van der Waals surface area contributed by atoms with Crippen LogP contribution in [-0.4, -0.2) is 12.6 Å². The zero-order chi connectivity index (χ0) is 13.8. The van der Waals surface area contributed by atoms with E-state index in [1.54, 1.807) is 5.56 Å². The van der Waals surface area contributed by atoms with Gasteiger partial charge in [0.1, 0.15) is 0 Å². The molecule has 0 saturated heterocycles. The van der Waals surface area contributed by atoms with E-state index >= 15 is 0 Å². The molecule has 0 bridgehead atoms. The van der Waals surface area contributed by atoms with Crippen molar-refractivity contribution in [3.8, 4) is 0 Å².